The fourth-order valence-corrected chi connectivity index (χ4v) is 2.11. The number of halogens is 3. The molecule has 6 heteroatoms. The monoisotopic (exact) mass is 313 g/mol. The number of aromatic hydroxyl groups is 1. The second-order valence-corrected chi connectivity index (χ2v) is 4.94. The van der Waals surface area contributed by atoms with E-state index in [0.717, 1.165) is 5.56 Å². The fraction of sp³-hybridized carbons (Fsp3) is 0.0714. The Balaban J connectivity index is 2.11. The molecule has 0 radical (unpaired) electrons. The molecule has 1 amide bonds. The van der Waals surface area contributed by atoms with Gasteiger partial charge in [0.2, 0.25) is 0 Å². The highest BCUT2D eigenvalue weighted by Gasteiger charge is 2.15. The van der Waals surface area contributed by atoms with E-state index >= 15 is 0 Å². The molecule has 3 nitrogen and oxygen atoms in total. The number of benzene rings is 2. The van der Waals surface area contributed by atoms with Crippen LogP contribution < -0.4 is 5.32 Å². The van der Waals surface area contributed by atoms with Crippen molar-refractivity contribution in [2.75, 3.05) is 0 Å². The number of nitrogens with one attached hydrogen (secondary N) is 1. The van der Waals surface area contributed by atoms with Crippen LogP contribution in [0.2, 0.25) is 10.0 Å². The molecule has 104 valence electrons. The van der Waals surface area contributed by atoms with Gasteiger partial charge in [-0.15, -0.1) is 0 Å². The summed E-state index contributed by atoms with van der Waals surface area (Å²) in [6.45, 7) is 0.197. The van der Waals surface area contributed by atoms with E-state index in [0.29, 0.717) is 0 Å². The number of carbonyl (C=O) groups excluding carboxylic acids is 1. The predicted octanol–water partition coefficient (Wildman–Crippen LogP) is 3.77. The predicted molar refractivity (Wildman–Crippen MR) is 75.7 cm³/mol. The molecule has 2 rings (SSSR count). The minimum Gasteiger partial charge on any atom is -0.506 e. The molecule has 0 aliphatic carbocycles. The largest absolute Gasteiger partial charge is 0.506 e. The summed E-state index contributed by atoms with van der Waals surface area (Å²) in [5.41, 5.74) is 0.719. The number of hydrogen-bond donors (Lipinski definition) is 2. The molecule has 2 aromatic carbocycles. The quantitative estimate of drug-likeness (QED) is 0.906. The van der Waals surface area contributed by atoms with Crippen molar-refractivity contribution in [3.05, 3.63) is 63.4 Å². The van der Waals surface area contributed by atoms with Crippen LogP contribution in [0, 0.1) is 5.82 Å². The highest BCUT2D eigenvalue weighted by Crippen LogP contribution is 2.31. The van der Waals surface area contributed by atoms with Gasteiger partial charge in [-0.1, -0.05) is 35.3 Å². The van der Waals surface area contributed by atoms with Crippen molar-refractivity contribution in [2.45, 2.75) is 6.54 Å². The van der Waals surface area contributed by atoms with E-state index in [1.807, 2.05) is 0 Å². The molecule has 2 N–H and O–H groups in total. The smallest absolute Gasteiger partial charge is 0.255 e. The van der Waals surface area contributed by atoms with Gasteiger partial charge in [-0.2, -0.15) is 0 Å². The third-order valence-electron chi connectivity index (χ3n) is 2.64. The molecule has 0 heterocycles. The molecule has 0 atom stereocenters. The van der Waals surface area contributed by atoms with Crippen molar-refractivity contribution in [3.8, 4) is 5.75 Å². The van der Waals surface area contributed by atoms with Crippen LogP contribution in [-0.4, -0.2) is 11.0 Å². The minimum absolute atomic E-state index is 0.00410. The molecular weight excluding hydrogens is 304 g/mol. The lowest BCUT2D eigenvalue weighted by atomic mass is 10.1. The molecule has 0 fully saturated rings. The second-order valence-electron chi connectivity index (χ2n) is 4.09. The zero-order chi connectivity index (χ0) is 14.7. The third kappa shape index (κ3) is 3.40. The number of rotatable bonds is 3. The Bertz CT molecular complexity index is 644. The van der Waals surface area contributed by atoms with E-state index in [1.54, 1.807) is 12.1 Å². The zero-order valence-electron chi connectivity index (χ0n) is 10.2. The first-order chi connectivity index (χ1) is 9.47. The van der Waals surface area contributed by atoms with E-state index in [9.17, 15) is 14.3 Å². The van der Waals surface area contributed by atoms with Gasteiger partial charge in [0.1, 0.15) is 11.6 Å². The molecule has 0 unspecified atom stereocenters. The van der Waals surface area contributed by atoms with Crippen LogP contribution in [0.25, 0.3) is 0 Å². The molecule has 20 heavy (non-hydrogen) atoms. The lowest BCUT2D eigenvalue weighted by molar-refractivity contribution is 0.0948. The van der Waals surface area contributed by atoms with E-state index in [2.05, 4.69) is 5.32 Å². The molecule has 0 spiro atoms. The summed E-state index contributed by atoms with van der Waals surface area (Å²) in [7, 11) is 0. The Labute approximate surface area is 124 Å². The first-order valence-electron chi connectivity index (χ1n) is 5.68. The first-order valence-corrected chi connectivity index (χ1v) is 6.43. The topological polar surface area (TPSA) is 49.3 Å². The van der Waals surface area contributed by atoms with Crippen molar-refractivity contribution in [1.82, 2.24) is 5.32 Å². The van der Waals surface area contributed by atoms with Crippen LogP contribution in [0.3, 0.4) is 0 Å². The van der Waals surface area contributed by atoms with Gasteiger partial charge in [-0.3, -0.25) is 4.79 Å². The Morgan fingerprint density at radius 2 is 1.85 bits per heavy atom. The van der Waals surface area contributed by atoms with Crippen molar-refractivity contribution >= 4 is 29.1 Å². The van der Waals surface area contributed by atoms with E-state index in [-0.39, 0.29) is 33.7 Å². The molecule has 0 aliphatic heterocycles. The van der Waals surface area contributed by atoms with Crippen LogP contribution in [0.5, 0.6) is 5.75 Å². The molecule has 0 saturated carbocycles. The van der Waals surface area contributed by atoms with Gasteiger partial charge in [-0.05, 0) is 29.8 Å². The number of amides is 1. The molecule has 0 aromatic heterocycles. The number of hydrogen-bond acceptors (Lipinski definition) is 2. The Kier molecular flexibility index (Phi) is 4.47. The van der Waals surface area contributed by atoms with Crippen molar-refractivity contribution < 1.29 is 14.3 Å². The van der Waals surface area contributed by atoms with Crippen LogP contribution in [0.15, 0.2) is 36.4 Å². The Morgan fingerprint density at radius 1 is 1.20 bits per heavy atom. The van der Waals surface area contributed by atoms with Gasteiger partial charge in [0.25, 0.3) is 5.91 Å². The van der Waals surface area contributed by atoms with Gasteiger partial charge in [0.15, 0.2) is 0 Å². The highest BCUT2D eigenvalue weighted by molar-refractivity contribution is 6.36. The Morgan fingerprint density at radius 3 is 2.50 bits per heavy atom. The summed E-state index contributed by atoms with van der Waals surface area (Å²) in [5, 5.41) is 12.6. The van der Waals surface area contributed by atoms with E-state index in [1.165, 1.54) is 24.3 Å². The van der Waals surface area contributed by atoms with E-state index < -0.39 is 5.91 Å². The van der Waals surface area contributed by atoms with Gasteiger partial charge in [-0.25, -0.2) is 4.39 Å². The van der Waals surface area contributed by atoms with Crippen LogP contribution in [-0.2, 0) is 6.54 Å². The van der Waals surface area contributed by atoms with Crippen LogP contribution in [0.1, 0.15) is 15.9 Å². The summed E-state index contributed by atoms with van der Waals surface area (Å²) in [6.07, 6.45) is 0. The molecule has 2 aromatic rings. The van der Waals surface area contributed by atoms with Gasteiger partial charge >= 0.3 is 0 Å². The van der Waals surface area contributed by atoms with Gasteiger partial charge < -0.3 is 10.4 Å². The second kappa shape index (κ2) is 6.11. The van der Waals surface area contributed by atoms with Gasteiger partial charge in [0, 0.05) is 11.6 Å². The molecule has 0 aliphatic rings. The minimum atomic E-state index is -0.517. The normalized spacial score (nSPS) is 10.3. The third-order valence-corrected chi connectivity index (χ3v) is 3.15. The fourth-order valence-electron chi connectivity index (χ4n) is 1.62. The summed E-state index contributed by atoms with van der Waals surface area (Å²) in [6, 6.07) is 8.38. The number of phenols is 1. The van der Waals surface area contributed by atoms with Crippen molar-refractivity contribution in [3.63, 3.8) is 0 Å². The lowest BCUT2D eigenvalue weighted by Crippen LogP contribution is -2.22. The van der Waals surface area contributed by atoms with Crippen molar-refractivity contribution in [1.29, 1.82) is 0 Å². The standard InChI is InChI=1S/C14H10Cl2FNO2/c15-9-5-11(13(19)12(16)6-9)14(20)18-7-8-1-3-10(17)4-2-8/h1-6,19H,7H2,(H,18,20). The maximum absolute atomic E-state index is 12.7. The lowest BCUT2D eigenvalue weighted by Gasteiger charge is -2.08. The summed E-state index contributed by atoms with van der Waals surface area (Å²) in [5.74, 6) is -1.19. The highest BCUT2D eigenvalue weighted by atomic mass is 35.5. The summed E-state index contributed by atoms with van der Waals surface area (Å²) < 4.78 is 12.7. The number of carbonyl (C=O) groups is 1. The molecule has 0 bridgehead atoms. The zero-order valence-corrected chi connectivity index (χ0v) is 11.7. The summed E-state index contributed by atoms with van der Waals surface area (Å²) in [4.78, 5) is 11.9. The molecule has 0 saturated heterocycles. The van der Waals surface area contributed by atoms with Crippen LogP contribution >= 0.6 is 23.2 Å². The van der Waals surface area contributed by atoms with Crippen LogP contribution in [0.4, 0.5) is 4.39 Å². The first kappa shape index (κ1) is 14.6. The number of phenolic OH excluding ortho intramolecular Hbond substituents is 1. The summed E-state index contributed by atoms with van der Waals surface area (Å²) >= 11 is 11.5. The average molecular weight is 314 g/mol. The SMILES string of the molecule is O=C(NCc1ccc(F)cc1)c1cc(Cl)cc(Cl)c1O. The maximum Gasteiger partial charge on any atom is 0.255 e. The van der Waals surface area contributed by atoms with E-state index in [4.69, 9.17) is 23.2 Å². The molecular formula is C14H10Cl2FNO2. The maximum atomic E-state index is 12.7. The Hall–Kier alpha value is -1.78. The van der Waals surface area contributed by atoms with Crippen molar-refractivity contribution in [2.24, 2.45) is 0 Å². The average Bonchev–Trinajstić information content (AvgIpc) is 2.42. The van der Waals surface area contributed by atoms with Gasteiger partial charge in [0.05, 0.1) is 10.6 Å².